The van der Waals surface area contributed by atoms with Crippen molar-refractivity contribution < 1.29 is 4.79 Å². The predicted molar refractivity (Wildman–Crippen MR) is 53.6 cm³/mol. The summed E-state index contributed by atoms with van der Waals surface area (Å²) in [5.41, 5.74) is 0. The van der Waals surface area contributed by atoms with Gasteiger partial charge in [-0.1, -0.05) is 13.3 Å². The van der Waals surface area contributed by atoms with Crippen molar-refractivity contribution in [3.63, 3.8) is 0 Å². The Hall–Kier alpha value is -0.730. The summed E-state index contributed by atoms with van der Waals surface area (Å²) in [5, 5.41) is 3.04. The van der Waals surface area contributed by atoms with Gasteiger partial charge in [0, 0.05) is 19.1 Å². The van der Waals surface area contributed by atoms with Crippen molar-refractivity contribution >= 4 is 6.03 Å². The Morgan fingerprint density at radius 3 is 2.38 bits per heavy atom. The molecular formula is C10H20N2O. The fourth-order valence-corrected chi connectivity index (χ4v) is 1.64. The molecule has 13 heavy (non-hydrogen) atoms. The van der Waals surface area contributed by atoms with Crippen LogP contribution in [-0.2, 0) is 0 Å². The standard InChI is InChI=1S/C10H20N2O/c1-4-8-7-9(8)11-10(13)12(5-2)6-3/h8-9H,4-7H2,1-3H3,(H,11,13). The van der Waals surface area contributed by atoms with E-state index in [4.69, 9.17) is 0 Å². The van der Waals surface area contributed by atoms with Gasteiger partial charge in [-0.05, 0) is 26.2 Å². The molecule has 0 heterocycles. The Balaban J connectivity index is 2.25. The van der Waals surface area contributed by atoms with Crippen LogP contribution in [0.25, 0.3) is 0 Å². The molecule has 1 N–H and O–H groups in total. The van der Waals surface area contributed by atoms with Gasteiger partial charge in [0.1, 0.15) is 0 Å². The van der Waals surface area contributed by atoms with Crippen LogP contribution in [0.1, 0.15) is 33.6 Å². The van der Waals surface area contributed by atoms with Crippen molar-refractivity contribution in [1.29, 1.82) is 0 Å². The number of rotatable bonds is 4. The summed E-state index contributed by atoms with van der Waals surface area (Å²) in [7, 11) is 0. The minimum absolute atomic E-state index is 0.103. The Morgan fingerprint density at radius 2 is 2.00 bits per heavy atom. The van der Waals surface area contributed by atoms with Gasteiger partial charge in [-0.2, -0.15) is 0 Å². The molecule has 0 aromatic heterocycles. The minimum atomic E-state index is 0.103. The van der Waals surface area contributed by atoms with Gasteiger partial charge in [-0.15, -0.1) is 0 Å². The number of urea groups is 1. The second-order valence-corrected chi connectivity index (χ2v) is 3.63. The van der Waals surface area contributed by atoms with E-state index in [1.54, 1.807) is 0 Å². The zero-order valence-corrected chi connectivity index (χ0v) is 8.84. The average Bonchev–Trinajstić information content (AvgIpc) is 2.85. The van der Waals surface area contributed by atoms with Crippen molar-refractivity contribution in [2.24, 2.45) is 5.92 Å². The molecule has 2 atom stereocenters. The highest BCUT2D eigenvalue weighted by Gasteiger charge is 2.36. The Kier molecular flexibility index (Phi) is 3.58. The summed E-state index contributed by atoms with van der Waals surface area (Å²) in [6.45, 7) is 7.78. The summed E-state index contributed by atoms with van der Waals surface area (Å²) in [4.78, 5) is 13.4. The Morgan fingerprint density at radius 1 is 1.38 bits per heavy atom. The largest absolute Gasteiger partial charge is 0.335 e. The molecule has 2 unspecified atom stereocenters. The van der Waals surface area contributed by atoms with Gasteiger partial charge in [-0.3, -0.25) is 0 Å². The first-order valence-electron chi connectivity index (χ1n) is 5.28. The first-order chi connectivity index (χ1) is 6.22. The summed E-state index contributed by atoms with van der Waals surface area (Å²) >= 11 is 0. The van der Waals surface area contributed by atoms with E-state index in [1.165, 1.54) is 12.8 Å². The number of hydrogen-bond acceptors (Lipinski definition) is 1. The van der Waals surface area contributed by atoms with Crippen LogP contribution in [0, 0.1) is 5.92 Å². The number of nitrogens with zero attached hydrogens (tertiary/aromatic N) is 1. The topological polar surface area (TPSA) is 32.3 Å². The van der Waals surface area contributed by atoms with Crippen LogP contribution in [-0.4, -0.2) is 30.1 Å². The number of carbonyl (C=O) groups excluding carboxylic acids is 1. The van der Waals surface area contributed by atoms with Crippen LogP contribution in [0.5, 0.6) is 0 Å². The maximum atomic E-state index is 11.5. The Labute approximate surface area is 80.5 Å². The number of amides is 2. The molecule has 0 aromatic carbocycles. The number of nitrogens with one attached hydrogen (secondary N) is 1. The van der Waals surface area contributed by atoms with Gasteiger partial charge in [0.05, 0.1) is 0 Å². The van der Waals surface area contributed by atoms with E-state index in [9.17, 15) is 4.79 Å². The van der Waals surface area contributed by atoms with Crippen molar-refractivity contribution in [3.05, 3.63) is 0 Å². The molecule has 3 nitrogen and oxygen atoms in total. The van der Waals surface area contributed by atoms with Gasteiger partial charge < -0.3 is 10.2 Å². The molecule has 0 aliphatic heterocycles. The number of hydrogen-bond donors (Lipinski definition) is 1. The zero-order chi connectivity index (χ0) is 9.84. The monoisotopic (exact) mass is 184 g/mol. The molecule has 0 radical (unpaired) electrons. The van der Waals surface area contributed by atoms with Crippen molar-refractivity contribution in [1.82, 2.24) is 10.2 Å². The molecular weight excluding hydrogens is 164 g/mol. The van der Waals surface area contributed by atoms with Crippen LogP contribution in [0.15, 0.2) is 0 Å². The van der Waals surface area contributed by atoms with E-state index in [0.29, 0.717) is 6.04 Å². The third-order valence-corrected chi connectivity index (χ3v) is 2.81. The molecule has 0 spiro atoms. The van der Waals surface area contributed by atoms with Crippen molar-refractivity contribution in [2.75, 3.05) is 13.1 Å². The molecule has 1 saturated carbocycles. The lowest BCUT2D eigenvalue weighted by atomic mass is 10.3. The van der Waals surface area contributed by atoms with Crippen LogP contribution in [0.2, 0.25) is 0 Å². The van der Waals surface area contributed by atoms with E-state index >= 15 is 0 Å². The molecule has 0 aromatic rings. The van der Waals surface area contributed by atoms with E-state index in [-0.39, 0.29) is 6.03 Å². The second kappa shape index (κ2) is 4.49. The highest BCUT2D eigenvalue weighted by molar-refractivity contribution is 5.74. The molecule has 76 valence electrons. The van der Waals surface area contributed by atoms with Gasteiger partial charge in [0.15, 0.2) is 0 Å². The summed E-state index contributed by atoms with van der Waals surface area (Å²) in [6, 6.07) is 0.559. The van der Waals surface area contributed by atoms with Crippen molar-refractivity contribution in [3.8, 4) is 0 Å². The van der Waals surface area contributed by atoms with Crippen LogP contribution in [0.4, 0.5) is 4.79 Å². The third-order valence-electron chi connectivity index (χ3n) is 2.81. The molecule has 1 aliphatic rings. The summed E-state index contributed by atoms with van der Waals surface area (Å²) in [6.07, 6.45) is 2.35. The van der Waals surface area contributed by atoms with E-state index in [0.717, 1.165) is 19.0 Å². The average molecular weight is 184 g/mol. The third kappa shape index (κ3) is 2.61. The zero-order valence-electron chi connectivity index (χ0n) is 8.84. The van der Waals surface area contributed by atoms with Gasteiger partial charge >= 0.3 is 6.03 Å². The fraction of sp³-hybridized carbons (Fsp3) is 0.900. The van der Waals surface area contributed by atoms with E-state index in [2.05, 4.69) is 12.2 Å². The quantitative estimate of drug-likeness (QED) is 0.710. The maximum absolute atomic E-state index is 11.5. The lowest BCUT2D eigenvalue weighted by Crippen LogP contribution is -2.41. The number of carbonyl (C=O) groups is 1. The molecule has 1 aliphatic carbocycles. The van der Waals surface area contributed by atoms with E-state index < -0.39 is 0 Å². The molecule has 1 fully saturated rings. The summed E-state index contributed by atoms with van der Waals surface area (Å²) in [5.74, 6) is 0.736. The normalized spacial score (nSPS) is 25.5. The predicted octanol–water partition coefficient (Wildman–Crippen LogP) is 1.84. The van der Waals surface area contributed by atoms with Crippen LogP contribution < -0.4 is 5.32 Å². The molecule has 2 amide bonds. The van der Waals surface area contributed by atoms with Crippen LogP contribution >= 0.6 is 0 Å². The lowest BCUT2D eigenvalue weighted by molar-refractivity contribution is 0.202. The van der Waals surface area contributed by atoms with Gasteiger partial charge in [0.2, 0.25) is 0 Å². The summed E-state index contributed by atoms with van der Waals surface area (Å²) < 4.78 is 0. The first-order valence-corrected chi connectivity index (χ1v) is 5.28. The van der Waals surface area contributed by atoms with Crippen molar-refractivity contribution in [2.45, 2.75) is 39.7 Å². The van der Waals surface area contributed by atoms with Gasteiger partial charge in [0.25, 0.3) is 0 Å². The maximum Gasteiger partial charge on any atom is 0.317 e. The second-order valence-electron chi connectivity index (χ2n) is 3.63. The van der Waals surface area contributed by atoms with E-state index in [1.807, 2.05) is 18.7 Å². The first kappa shape index (κ1) is 10.4. The fourth-order valence-electron chi connectivity index (χ4n) is 1.64. The highest BCUT2D eigenvalue weighted by Crippen LogP contribution is 2.33. The molecule has 0 bridgehead atoms. The minimum Gasteiger partial charge on any atom is -0.335 e. The Bertz CT molecular complexity index is 178. The SMILES string of the molecule is CCC1CC1NC(=O)N(CC)CC. The molecule has 3 heteroatoms. The smallest absolute Gasteiger partial charge is 0.317 e. The highest BCUT2D eigenvalue weighted by atomic mass is 16.2. The van der Waals surface area contributed by atoms with Gasteiger partial charge in [-0.25, -0.2) is 4.79 Å². The lowest BCUT2D eigenvalue weighted by Gasteiger charge is -2.19. The molecule has 0 saturated heterocycles. The molecule has 1 rings (SSSR count). The van der Waals surface area contributed by atoms with Crippen LogP contribution in [0.3, 0.4) is 0 Å².